The van der Waals surface area contributed by atoms with Gasteiger partial charge in [-0.3, -0.25) is 0 Å². The van der Waals surface area contributed by atoms with Gasteiger partial charge in [-0.25, -0.2) is 0 Å². The summed E-state index contributed by atoms with van der Waals surface area (Å²) in [5.41, 5.74) is 15.9. The molecule has 0 amide bonds. The standard InChI is InChI=1S/C15H24N2/c1-3-5-7-12-9-10-13(15(17)11-12)14(16)8-6-4-2/h8-11H,3-7,16-17H2,1-2H3/b14-8-. The van der Waals surface area contributed by atoms with E-state index >= 15 is 0 Å². The second-order valence-corrected chi connectivity index (χ2v) is 4.47. The first kappa shape index (κ1) is 13.6. The highest BCUT2D eigenvalue weighted by atomic mass is 14.6. The van der Waals surface area contributed by atoms with Crippen molar-refractivity contribution in [3.05, 3.63) is 35.4 Å². The summed E-state index contributed by atoms with van der Waals surface area (Å²) in [6.07, 6.45) is 7.68. The van der Waals surface area contributed by atoms with Crippen LogP contribution in [0.2, 0.25) is 0 Å². The van der Waals surface area contributed by atoms with E-state index in [1.807, 2.05) is 6.07 Å². The lowest BCUT2D eigenvalue weighted by molar-refractivity contribution is 0.795. The van der Waals surface area contributed by atoms with Gasteiger partial charge in [0.05, 0.1) is 0 Å². The summed E-state index contributed by atoms with van der Waals surface area (Å²) in [4.78, 5) is 0. The average molecular weight is 232 g/mol. The maximum Gasteiger partial charge on any atom is 0.0411 e. The third kappa shape index (κ3) is 4.14. The molecule has 0 atom stereocenters. The first-order valence-corrected chi connectivity index (χ1v) is 6.53. The van der Waals surface area contributed by atoms with Crippen molar-refractivity contribution < 1.29 is 0 Å². The van der Waals surface area contributed by atoms with E-state index in [0.29, 0.717) is 0 Å². The van der Waals surface area contributed by atoms with Crippen molar-refractivity contribution in [2.24, 2.45) is 5.73 Å². The highest BCUT2D eigenvalue weighted by molar-refractivity contribution is 5.73. The molecular formula is C15H24N2. The molecule has 0 unspecified atom stereocenters. The molecule has 4 N–H and O–H groups in total. The molecule has 0 aliphatic carbocycles. The zero-order valence-electron chi connectivity index (χ0n) is 11.0. The highest BCUT2D eigenvalue weighted by Gasteiger charge is 2.03. The van der Waals surface area contributed by atoms with Crippen LogP contribution in [0.1, 0.15) is 50.7 Å². The van der Waals surface area contributed by atoms with Gasteiger partial charge in [0.2, 0.25) is 0 Å². The van der Waals surface area contributed by atoms with Crippen LogP contribution in [0.3, 0.4) is 0 Å². The summed E-state index contributed by atoms with van der Waals surface area (Å²) in [5, 5.41) is 0. The van der Waals surface area contributed by atoms with E-state index in [-0.39, 0.29) is 0 Å². The molecule has 0 aromatic heterocycles. The predicted octanol–water partition coefficient (Wildman–Crippen LogP) is 3.71. The summed E-state index contributed by atoms with van der Waals surface area (Å²) in [7, 11) is 0. The molecule has 2 heteroatoms. The van der Waals surface area contributed by atoms with Gasteiger partial charge in [0.15, 0.2) is 0 Å². The Morgan fingerprint density at radius 1 is 1.24 bits per heavy atom. The minimum Gasteiger partial charge on any atom is -0.398 e. The predicted molar refractivity (Wildman–Crippen MR) is 76.5 cm³/mol. The number of rotatable bonds is 6. The number of allylic oxidation sites excluding steroid dienone is 1. The van der Waals surface area contributed by atoms with Gasteiger partial charge >= 0.3 is 0 Å². The third-order valence-electron chi connectivity index (χ3n) is 2.90. The number of unbranched alkanes of at least 4 members (excludes halogenated alkanes) is 2. The topological polar surface area (TPSA) is 52.0 Å². The number of hydrogen-bond donors (Lipinski definition) is 2. The van der Waals surface area contributed by atoms with Crippen molar-refractivity contribution in [2.45, 2.75) is 46.0 Å². The van der Waals surface area contributed by atoms with Gasteiger partial charge in [0, 0.05) is 16.9 Å². The molecule has 0 radical (unpaired) electrons. The molecule has 17 heavy (non-hydrogen) atoms. The number of hydrogen-bond acceptors (Lipinski definition) is 2. The third-order valence-corrected chi connectivity index (χ3v) is 2.90. The monoisotopic (exact) mass is 232 g/mol. The van der Waals surface area contributed by atoms with E-state index in [1.165, 1.54) is 18.4 Å². The van der Waals surface area contributed by atoms with Gasteiger partial charge in [-0.1, -0.05) is 44.9 Å². The Morgan fingerprint density at radius 2 is 2.00 bits per heavy atom. The van der Waals surface area contributed by atoms with Gasteiger partial charge in [-0.05, 0) is 30.9 Å². The quantitative estimate of drug-likeness (QED) is 0.735. The Kier molecular flexibility index (Phi) is 5.61. The SMILES string of the molecule is CCC/C=C(\N)c1ccc(CCCC)cc1N. The van der Waals surface area contributed by atoms with Crippen molar-refractivity contribution in [3.63, 3.8) is 0 Å². The molecule has 2 nitrogen and oxygen atoms in total. The normalized spacial score (nSPS) is 11.8. The number of nitrogens with two attached hydrogens (primary N) is 2. The van der Waals surface area contributed by atoms with Crippen LogP contribution in [-0.4, -0.2) is 0 Å². The van der Waals surface area contributed by atoms with Crippen LogP contribution in [0, 0.1) is 0 Å². The van der Waals surface area contributed by atoms with Gasteiger partial charge < -0.3 is 11.5 Å². The molecule has 1 aromatic rings. The summed E-state index contributed by atoms with van der Waals surface area (Å²) in [5.74, 6) is 0. The molecule has 0 aliphatic heterocycles. The Balaban J connectivity index is 2.82. The molecule has 0 aliphatic rings. The lowest BCUT2D eigenvalue weighted by Crippen LogP contribution is -2.02. The first-order chi connectivity index (χ1) is 8.19. The maximum atomic E-state index is 6.04. The molecule has 0 saturated carbocycles. The molecule has 1 aromatic carbocycles. The Labute approximate surface area is 105 Å². The van der Waals surface area contributed by atoms with E-state index in [4.69, 9.17) is 11.5 Å². The molecule has 0 bridgehead atoms. The van der Waals surface area contributed by atoms with Crippen molar-refractivity contribution in [1.82, 2.24) is 0 Å². The molecule has 0 saturated heterocycles. The number of anilines is 1. The van der Waals surface area contributed by atoms with E-state index in [9.17, 15) is 0 Å². The second-order valence-electron chi connectivity index (χ2n) is 4.47. The van der Waals surface area contributed by atoms with E-state index in [1.54, 1.807) is 0 Å². The van der Waals surface area contributed by atoms with E-state index in [2.05, 4.69) is 32.1 Å². The van der Waals surface area contributed by atoms with Gasteiger partial charge in [-0.15, -0.1) is 0 Å². The lowest BCUT2D eigenvalue weighted by Gasteiger charge is -2.08. The largest absolute Gasteiger partial charge is 0.398 e. The molecule has 1 rings (SSSR count). The zero-order valence-corrected chi connectivity index (χ0v) is 11.0. The van der Waals surface area contributed by atoms with Crippen molar-refractivity contribution >= 4 is 11.4 Å². The number of nitrogen functional groups attached to an aromatic ring is 1. The van der Waals surface area contributed by atoms with Gasteiger partial charge in [0.1, 0.15) is 0 Å². The van der Waals surface area contributed by atoms with Crippen LogP contribution in [0.25, 0.3) is 5.70 Å². The summed E-state index contributed by atoms with van der Waals surface area (Å²) >= 11 is 0. The Hall–Kier alpha value is -1.44. The van der Waals surface area contributed by atoms with Crippen LogP contribution in [-0.2, 0) is 6.42 Å². The van der Waals surface area contributed by atoms with Crippen LogP contribution < -0.4 is 11.5 Å². The minimum absolute atomic E-state index is 0.795. The van der Waals surface area contributed by atoms with Crippen LogP contribution in [0.4, 0.5) is 5.69 Å². The highest BCUT2D eigenvalue weighted by Crippen LogP contribution is 2.21. The van der Waals surface area contributed by atoms with E-state index in [0.717, 1.165) is 36.2 Å². The van der Waals surface area contributed by atoms with Gasteiger partial charge in [0.25, 0.3) is 0 Å². The smallest absolute Gasteiger partial charge is 0.0411 e. The second kappa shape index (κ2) is 7.00. The van der Waals surface area contributed by atoms with Gasteiger partial charge in [-0.2, -0.15) is 0 Å². The average Bonchev–Trinajstić information content (AvgIpc) is 2.33. The van der Waals surface area contributed by atoms with Crippen molar-refractivity contribution in [3.8, 4) is 0 Å². The maximum absolute atomic E-state index is 6.04. The summed E-state index contributed by atoms with van der Waals surface area (Å²) in [6.45, 7) is 4.34. The minimum atomic E-state index is 0.795. The first-order valence-electron chi connectivity index (χ1n) is 6.53. The summed E-state index contributed by atoms with van der Waals surface area (Å²) in [6, 6.07) is 6.23. The number of benzene rings is 1. The molecule has 0 heterocycles. The zero-order chi connectivity index (χ0) is 12.7. The fraction of sp³-hybridized carbons (Fsp3) is 0.467. The van der Waals surface area contributed by atoms with Crippen LogP contribution in [0.5, 0.6) is 0 Å². The van der Waals surface area contributed by atoms with E-state index < -0.39 is 0 Å². The molecule has 94 valence electrons. The fourth-order valence-electron chi connectivity index (χ4n) is 1.82. The molecular weight excluding hydrogens is 208 g/mol. The number of aryl methyl sites for hydroxylation is 1. The summed E-state index contributed by atoms with van der Waals surface area (Å²) < 4.78 is 0. The van der Waals surface area contributed by atoms with Crippen LogP contribution >= 0.6 is 0 Å². The lowest BCUT2D eigenvalue weighted by atomic mass is 10.0. The van der Waals surface area contributed by atoms with Crippen molar-refractivity contribution in [1.29, 1.82) is 0 Å². The Morgan fingerprint density at radius 3 is 2.59 bits per heavy atom. The molecule has 0 spiro atoms. The Bertz CT molecular complexity index is 381. The fourth-order valence-corrected chi connectivity index (χ4v) is 1.82. The van der Waals surface area contributed by atoms with Crippen molar-refractivity contribution in [2.75, 3.05) is 5.73 Å². The van der Waals surface area contributed by atoms with Crippen LogP contribution in [0.15, 0.2) is 24.3 Å². The molecule has 0 fully saturated rings.